The van der Waals surface area contributed by atoms with Crippen LogP contribution in [0, 0.1) is 11.6 Å². The van der Waals surface area contributed by atoms with Crippen molar-refractivity contribution in [1.29, 1.82) is 0 Å². The fraction of sp³-hybridized carbons (Fsp3) is 0.361. The van der Waals surface area contributed by atoms with Crippen molar-refractivity contribution in [2.75, 3.05) is 12.8 Å². The van der Waals surface area contributed by atoms with Crippen LogP contribution in [-0.4, -0.2) is 51.4 Å². The van der Waals surface area contributed by atoms with Crippen molar-refractivity contribution in [1.82, 2.24) is 20.2 Å². The number of rotatable bonds is 7. The van der Waals surface area contributed by atoms with E-state index in [1.54, 1.807) is 30.2 Å². The third-order valence-electron chi connectivity index (χ3n) is 7.40. The fourth-order valence-electron chi connectivity index (χ4n) is 4.61. The van der Waals surface area contributed by atoms with Gasteiger partial charge in [-0.2, -0.15) is 0 Å². The van der Waals surface area contributed by atoms with E-state index in [2.05, 4.69) is 15.3 Å². The van der Waals surface area contributed by atoms with E-state index < -0.39 is 29.7 Å². The van der Waals surface area contributed by atoms with Crippen LogP contribution in [0.15, 0.2) is 54.6 Å². The molecule has 0 saturated carbocycles. The highest BCUT2D eigenvalue weighted by atomic mass is 19.2. The monoisotopic (exact) mass is 663 g/mol. The summed E-state index contributed by atoms with van der Waals surface area (Å²) in [7, 11) is 1.71. The van der Waals surface area contributed by atoms with Crippen LogP contribution >= 0.6 is 0 Å². The molecule has 10 nitrogen and oxygen atoms in total. The summed E-state index contributed by atoms with van der Waals surface area (Å²) in [6.07, 6.45) is 0.369. The minimum absolute atomic E-state index is 0.0417. The Labute approximate surface area is 279 Å². The Morgan fingerprint density at radius 2 is 1.54 bits per heavy atom. The van der Waals surface area contributed by atoms with Crippen molar-refractivity contribution in [2.45, 2.75) is 79.3 Å². The van der Waals surface area contributed by atoms with Crippen LogP contribution in [0.25, 0.3) is 22.0 Å². The van der Waals surface area contributed by atoms with E-state index in [1.165, 1.54) is 13.8 Å². The first kappa shape index (κ1) is 37.5. The van der Waals surface area contributed by atoms with Crippen LogP contribution in [-0.2, 0) is 38.8 Å². The van der Waals surface area contributed by atoms with Gasteiger partial charge in [0, 0.05) is 31.1 Å². The standard InChI is InChI=1S/C29H25F2N5O4.C5H12O.C2H6/c1-29(2,33-15-37)27(39)40-14-19-10-22(30)23(31)11-20(19)16-7-8-24-21(9-16)25(35-28(32)34-24)26(38)36-12-17-5-3-4-6-18(17)13-36;1-5(2,3)6-4;1-2/h3-11,15H,12-14H2,1-2H3,(H,33,37)(H2,32,34,35);1-4H3;1-2H3. The molecule has 0 saturated heterocycles. The van der Waals surface area contributed by atoms with Crippen molar-refractivity contribution in [2.24, 2.45) is 0 Å². The van der Waals surface area contributed by atoms with Crippen LogP contribution in [0.3, 0.4) is 0 Å². The Kier molecular flexibility index (Phi) is 12.3. The number of nitrogen functional groups attached to an aromatic ring is 1. The van der Waals surface area contributed by atoms with E-state index in [-0.39, 0.29) is 34.3 Å². The molecule has 5 rings (SSSR count). The quantitative estimate of drug-likeness (QED) is 0.173. The molecule has 0 unspecified atom stereocenters. The molecule has 0 aliphatic carbocycles. The van der Waals surface area contributed by atoms with Crippen molar-refractivity contribution in [3.8, 4) is 11.1 Å². The van der Waals surface area contributed by atoms with E-state index in [9.17, 15) is 23.2 Å². The van der Waals surface area contributed by atoms with Crippen LogP contribution in [0.1, 0.15) is 75.6 Å². The first-order valence-electron chi connectivity index (χ1n) is 15.5. The molecule has 0 radical (unpaired) electrons. The van der Waals surface area contributed by atoms with Crippen molar-refractivity contribution in [3.05, 3.63) is 88.6 Å². The predicted molar refractivity (Wildman–Crippen MR) is 181 cm³/mol. The summed E-state index contributed by atoms with van der Waals surface area (Å²) in [5.74, 6) is -3.42. The molecular weight excluding hydrogens is 620 g/mol. The van der Waals surface area contributed by atoms with Gasteiger partial charge < -0.3 is 25.4 Å². The molecule has 2 heterocycles. The van der Waals surface area contributed by atoms with Gasteiger partial charge in [-0.15, -0.1) is 0 Å². The average Bonchev–Trinajstić information content (AvgIpc) is 3.49. The topological polar surface area (TPSA) is 137 Å². The van der Waals surface area contributed by atoms with Gasteiger partial charge in [-0.1, -0.05) is 44.2 Å². The zero-order valence-corrected chi connectivity index (χ0v) is 28.6. The number of nitrogens with one attached hydrogen (secondary N) is 1. The van der Waals surface area contributed by atoms with Gasteiger partial charge in [-0.05, 0) is 81.1 Å². The molecule has 2 amide bonds. The molecule has 0 atom stereocenters. The number of carbonyl (C=O) groups excluding carboxylic acids is 3. The Morgan fingerprint density at radius 3 is 2.10 bits per heavy atom. The molecule has 0 spiro atoms. The third-order valence-corrected chi connectivity index (χ3v) is 7.40. The summed E-state index contributed by atoms with van der Waals surface area (Å²) < 4.78 is 38.9. The first-order chi connectivity index (χ1) is 22.6. The number of amides is 2. The van der Waals surface area contributed by atoms with Crippen LogP contribution in [0.5, 0.6) is 0 Å². The average molecular weight is 664 g/mol. The molecule has 0 bridgehead atoms. The van der Waals surface area contributed by atoms with E-state index in [0.29, 0.717) is 36.0 Å². The second-order valence-corrected chi connectivity index (χ2v) is 12.3. The van der Waals surface area contributed by atoms with Crippen LogP contribution in [0.4, 0.5) is 14.7 Å². The van der Waals surface area contributed by atoms with Gasteiger partial charge in [0.2, 0.25) is 12.4 Å². The van der Waals surface area contributed by atoms with Gasteiger partial charge in [-0.25, -0.2) is 23.5 Å². The third kappa shape index (κ3) is 9.09. The highest BCUT2D eigenvalue weighted by Gasteiger charge is 2.30. The summed E-state index contributed by atoms with van der Waals surface area (Å²) >= 11 is 0. The van der Waals surface area contributed by atoms with Crippen molar-refractivity contribution >= 4 is 35.1 Å². The largest absolute Gasteiger partial charge is 0.459 e. The lowest BCUT2D eigenvalue weighted by Crippen LogP contribution is -2.47. The number of ether oxygens (including phenoxy) is 2. The summed E-state index contributed by atoms with van der Waals surface area (Å²) in [5, 5.41) is 2.72. The number of esters is 1. The van der Waals surface area contributed by atoms with Crippen LogP contribution < -0.4 is 11.1 Å². The molecule has 1 aromatic heterocycles. The van der Waals surface area contributed by atoms with Gasteiger partial charge in [0.15, 0.2) is 11.6 Å². The Hall–Kier alpha value is -4.97. The van der Waals surface area contributed by atoms with E-state index in [4.69, 9.17) is 15.2 Å². The van der Waals surface area contributed by atoms with Gasteiger partial charge in [0.25, 0.3) is 5.91 Å². The number of fused-ring (bicyclic) bond motifs is 2. The zero-order valence-electron chi connectivity index (χ0n) is 28.6. The van der Waals surface area contributed by atoms with Crippen LogP contribution in [0.2, 0.25) is 0 Å². The zero-order chi connectivity index (χ0) is 35.8. The summed E-state index contributed by atoms with van der Waals surface area (Å²) in [4.78, 5) is 47.0. The number of nitrogens with two attached hydrogens (primary N) is 1. The number of benzene rings is 3. The normalized spacial score (nSPS) is 12.2. The molecular formula is C36H43F2N5O5. The number of nitrogens with zero attached hydrogens (tertiary/aromatic N) is 3. The maximum Gasteiger partial charge on any atom is 0.331 e. The summed E-state index contributed by atoms with van der Waals surface area (Å²) in [5.41, 5.74) is 8.00. The molecule has 256 valence electrons. The molecule has 0 fully saturated rings. The molecule has 3 N–H and O–H groups in total. The van der Waals surface area contributed by atoms with Gasteiger partial charge >= 0.3 is 5.97 Å². The molecule has 3 aromatic carbocycles. The Bertz CT molecular complexity index is 1760. The second kappa shape index (κ2) is 15.7. The first-order valence-corrected chi connectivity index (χ1v) is 15.5. The van der Waals surface area contributed by atoms with E-state index >= 15 is 0 Å². The number of methoxy groups -OCH3 is 1. The number of halogens is 2. The van der Waals surface area contributed by atoms with Crippen molar-refractivity contribution < 1.29 is 32.6 Å². The van der Waals surface area contributed by atoms with E-state index in [0.717, 1.165) is 23.3 Å². The Balaban J connectivity index is 0.000000705. The minimum Gasteiger partial charge on any atom is -0.459 e. The molecule has 1 aliphatic heterocycles. The number of carbonyl (C=O) groups is 3. The summed E-state index contributed by atoms with van der Waals surface area (Å²) in [6, 6.07) is 14.5. The maximum atomic E-state index is 14.4. The predicted octanol–water partition coefficient (Wildman–Crippen LogP) is 6.34. The number of hydrogen-bond acceptors (Lipinski definition) is 8. The van der Waals surface area contributed by atoms with E-state index in [1.807, 2.05) is 58.9 Å². The smallest absolute Gasteiger partial charge is 0.331 e. The summed E-state index contributed by atoms with van der Waals surface area (Å²) in [6.45, 7) is 13.4. The lowest BCUT2D eigenvalue weighted by atomic mass is 9.97. The maximum absolute atomic E-state index is 14.4. The van der Waals surface area contributed by atoms with Gasteiger partial charge in [-0.3, -0.25) is 9.59 Å². The number of hydrogen-bond donors (Lipinski definition) is 2. The SMILES string of the molecule is CC.CC(C)(NC=O)C(=O)OCc1cc(F)c(F)cc1-c1ccc2nc(N)nc(C(=O)N3Cc4ccccc4C3)c2c1.COC(C)(C)C. The lowest BCUT2D eigenvalue weighted by Gasteiger charge is -2.22. The number of aromatic nitrogens is 2. The second-order valence-electron chi connectivity index (χ2n) is 12.3. The Morgan fingerprint density at radius 1 is 0.958 bits per heavy atom. The van der Waals surface area contributed by atoms with Gasteiger partial charge in [0.05, 0.1) is 11.1 Å². The molecule has 4 aromatic rings. The highest BCUT2D eigenvalue weighted by Crippen LogP contribution is 2.32. The molecule has 48 heavy (non-hydrogen) atoms. The molecule has 1 aliphatic rings. The minimum atomic E-state index is -1.33. The highest BCUT2D eigenvalue weighted by molar-refractivity contribution is 6.06. The fourth-order valence-corrected chi connectivity index (χ4v) is 4.61. The number of anilines is 1. The van der Waals surface area contributed by atoms with Crippen molar-refractivity contribution in [3.63, 3.8) is 0 Å². The van der Waals surface area contributed by atoms with Gasteiger partial charge in [0.1, 0.15) is 17.8 Å². The molecule has 12 heteroatoms. The lowest BCUT2D eigenvalue weighted by molar-refractivity contribution is -0.152.